The second kappa shape index (κ2) is 6.38. The van der Waals surface area contributed by atoms with Gasteiger partial charge >= 0.3 is 0 Å². The summed E-state index contributed by atoms with van der Waals surface area (Å²) in [6.07, 6.45) is 4.29. The Morgan fingerprint density at radius 2 is 2.04 bits per heavy atom. The van der Waals surface area contributed by atoms with Gasteiger partial charge in [0.05, 0.1) is 17.6 Å². The van der Waals surface area contributed by atoms with E-state index >= 15 is 0 Å². The van der Waals surface area contributed by atoms with Gasteiger partial charge in [-0.05, 0) is 38.8 Å². The van der Waals surface area contributed by atoms with Crippen LogP contribution in [0.4, 0.5) is 11.8 Å². The Hall–Kier alpha value is -2.57. The van der Waals surface area contributed by atoms with Gasteiger partial charge in [0.15, 0.2) is 0 Å². The van der Waals surface area contributed by atoms with Crippen molar-refractivity contribution in [2.24, 2.45) is 0 Å². The maximum atomic E-state index is 4.92. The molecule has 3 aromatic heterocycles. The van der Waals surface area contributed by atoms with E-state index in [1.165, 1.54) is 18.5 Å². The lowest BCUT2D eigenvalue weighted by Gasteiger charge is -2.22. The van der Waals surface area contributed by atoms with E-state index in [4.69, 9.17) is 9.97 Å². The number of rotatable bonds is 5. The van der Waals surface area contributed by atoms with E-state index in [1.807, 2.05) is 10.9 Å². The zero-order valence-electron chi connectivity index (χ0n) is 15.2. The number of aryl methyl sites for hydroxylation is 2. The quantitative estimate of drug-likeness (QED) is 0.774. The van der Waals surface area contributed by atoms with Gasteiger partial charge in [-0.3, -0.25) is 4.68 Å². The number of aromatic amines is 1. The molecule has 25 heavy (non-hydrogen) atoms. The van der Waals surface area contributed by atoms with E-state index in [-0.39, 0.29) is 0 Å². The molecule has 7 nitrogen and oxygen atoms in total. The molecule has 1 fully saturated rings. The molecule has 0 atom stereocenters. The predicted octanol–water partition coefficient (Wildman–Crippen LogP) is 2.72. The number of hydrogen-bond acceptors (Lipinski definition) is 5. The number of aromatic nitrogens is 5. The molecule has 0 spiro atoms. The first kappa shape index (κ1) is 15.9. The molecule has 3 aromatic rings. The van der Waals surface area contributed by atoms with Gasteiger partial charge in [-0.15, -0.1) is 0 Å². The van der Waals surface area contributed by atoms with Crippen LogP contribution >= 0.6 is 0 Å². The minimum Gasteiger partial charge on any atom is -0.353 e. The molecule has 1 saturated heterocycles. The molecular formula is C18H25N7. The average molecular weight is 339 g/mol. The van der Waals surface area contributed by atoms with Gasteiger partial charge in [0.2, 0.25) is 5.95 Å². The van der Waals surface area contributed by atoms with Crippen LogP contribution in [-0.2, 0) is 13.1 Å². The van der Waals surface area contributed by atoms with Crippen LogP contribution in [0.25, 0.3) is 11.0 Å². The number of nitrogens with one attached hydrogen (secondary N) is 1. The number of anilines is 2. The van der Waals surface area contributed by atoms with Crippen molar-refractivity contribution in [2.45, 2.75) is 39.8 Å². The summed E-state index contributed by atoms with van der Waals surface area (Å²) >= 11 is 0. The molecule has 0 aliphatic carbocycles. The third-order valence-electron chi connectivity index (χ3n) is 4.84. The normalized spacial score (nSPS) is 14.6. The molecule has 7 heteroatoms. The van der Waals surface area contributed by atoms with Crippen molar-refractivity contribution >= 4 is 22.8 Å². The highest BCUT2D eigenvalue weighted by Gasteiger charge is 2.20. The van der Waals surface area contributed by atoms with Crippen molar-refractivity contribution < 1.29 is 0 Å². The lowest BCUT2D eigenvalue weighted by atomic mass is 10.3. The molecule has 1 aliphatic rings. The van der Waals surface area contributed by atoms with Crippen LogP contribution in [0.1, 0.15) is 31.2 Å². The Kier molecular flexibility index (Phi) is 4.07. The summed E-state index contributed by atoms with van der Waals surface area (Å²) in [5, 5.41) is 5.45. The van der Waals surface area contributed by atoms with Crippen LogP contribution in [0.3, 0.4) is 0 Å². The van der Waals surface area contributed by atoms with Crippen LogP contribution in [0.15, 0.2) is 18.3 Å². The summed E-state index contributed by atoms with van der Waals surface area (Å²) in [7, 11) is 2.09. The Bertz CT molecular complexity index is 873. The smallest absolute Gasteiger partial charge is 0.229 e. The SMILES string of the molecule is CCn1nccc1CN(C)c1nc(N2CCCC2)nc2[nH]c(C)cc12. The zero-order valence-corrected chi connectivity index (χ0v) is 15.2. The van der Waals surface area contributed by atoms with Gasteiger partial charge in [0, 0.05) is 38.6 Å². The molecule has 4 rings (SSSR count). The van der Waals surface area contributed by atoms with Crippen LogP contribution in [-0.4, -0.2) is 44.9 Å². The fourth-order valence-electron chi connectivity index (χ4n) is 3.56. The third kappa shape index (κ3) is 2.94. The minimum atomic E-state index is 0.767. The Morgan fingerprint density at radius 3 is 2.80 bits per heavy atom. The van der Waals surface area contributed by atoms with Crippen LogP contribution in [0, 0.1) is 6.92 Å². The third-order valence-corrected chi connectivity index (χ3v) is 4.84. The molecule has 0 unspecified atom stereocenters. The van der Waals surface area contributed by atoms with Gasteiger partial charge in [-0.25, -0.2) is 0 Å². The Balaban J connectivity index is 1.73. The molecule has 0 bridgehead atoms. The van der Waals surface area contributed by atoms with Crippen LogP contribution in [0.5, 0.6) is 0 Å². The molecule has 4 heterocycles. The Morgan fingerprint density at radius 1 is 1.24 bits per heavy atom. The lowest BCUT2D eigenvalue weighted by molar-refractivity contribution is 0.616. The van der Waals surface area contributed by atoms with Crippen molar-refractivity contribution in [1.29, 1.82) is 0 Å². The molecule has 1 N–H and O–H groups in total. The topological polar surface area (TPSA) is 65.9 Å². The number of H-pyrrole nitrogens is 1. The number of hydrogen-bond donors (Lipinski definition) is 1. The van der Waals surface area contributed by atoms with E-state index in [9.17, 15) is 0 Å². The highest BCUT2D eigenvalue weighted by atomic mass is 15.3. The predicted molar refractivity (Wildman–Crippen MR) is 100 cm³/mol. The molecular weight excluding hydrogens is 314 g/mol. The fourth-order valence-corrected chi connectivity index (χ4v) is 3.56. The summed E-state index contributed by atoms with van der Waals surface area (Å²) in [6, 6.07) is 4.20. The summed E-state index contributed by atoms with van der Waals surface area (Å²) < 4.78 is 2.03. The van der Waals surface area contributed by atoms with E-state index < -0.39 is 0 Å². The summed E-state index contributed by atoms with van der Waals surface area (Å²) in [5.41, 5.74) is 3.21. The maximum Gasteiger partial charge on any atom is 0.229 e. The van der Waals surface area contributed by atoms with E-state index in [2.05, 4.69) is 52.9 Å². The highest BCUT2D eigenvalue weighted by molar-refractivity contribution is 5.89. The van der Waals surface area contributed by atoms with Gasteiger partial charge in [-0.2, -0.15) is 15.1 Å². The van der Waals surface area contributed by atoms with Gasteiger partial charge in [0.1, 0.15) is 11.5 Å². The monoisotopic (exact) mass is 339 g/mol. The van der Waals surface area contributed by atoms with Crippen molar-refractivity contribution in [3.05, 3.63) is 29.7 Å². The summed E-state index contributed by atoms with van der Waals surface area (Å²) in [5.74, 6) is 1.80. The maximum absolute atomic E-state index is 4.92. The van der Waals surface area contributed by atoms with Crippen LogP contribution in [0.2, 0.25) is 0 Å². The minimum absolute atomic E-state index is 0.767. The number of nitrogens with zero attached hydrogens (tertiary/aromatic N) is 6. The van der Waals surface area contributed by atoms with Crippen molar-refractivity contribution in [3.8, 4) is 0 Å². The van der Waals surface area contributed by atoms with Gasteiger partial charge in [-0.1, -0.05) is 0 Å². The van der Waals surface area contributed by atoms with Crippen molar-refractivity contribution in [2.75, 3.05) is 29.9 Å². The first-order chi connectivity index (χ1) is 12.2. The molecule has 0 saturated carbocycles. The summed E-state index contributed by atoms with van der Waals surface area (Å²) in [4.78, 5) is 17.5. The van der Waals surface area contributed by atoms with E-state index in [0.29, 0.717) is 0 Å². The number of fused-ring (bicyclic) bond motifs is 1. The first-order valence-electron chi connectivity index (χ1n) is 9.00. The van der Waals surface area contributed by atoms with Gasteiger partial charge < -0.3 is 14.8 Å². The standard InChI is InChI=1S/C18H25N7/c1-4-25-14(7-8-19-25)12-23(3)17-15-11-13(2)20-16(15)21-18(22-17)24-9-5-6-10-24/h7-8,11H,4-6,9-10,12H2,1-3H3,(H,20,21,22). The van der Waals surface area contributed by atoms with Crippen molar-refractivity contribution in [3.63, 3.8) is 0 Å². The molecule has 0 aromatic carbocycles. The second-order valence-corrected chi connectivity index (χ2v) is 6.75. The Labute approximate surface area is 147 Å². The zero-order chi connectivity index (χ0) is 17.4. The van der Waals surface area contributed by atoms with Gasteiger partial charge in [0.25, 0.3) is 0 Å². The average Bonchev–Trinajstić information content (AvgIpc) is 3.33. The second-order valence-electron chi connectivity index (χ2n) is 6.75. The molecule has 0 radical (unpaired) electrons. The first-order valence-corrected chi connectivity index (χ1v) is 9.00. The van der Waals surface area contributed by atoms with Crippen LogP contribution < -0.4 is 9.80 Å². The summed E-state index contributed by atoms with van der Waals surface area (Å²) in [6.45, 7) is 7.89. The lowest BCUT2D eigenvalue weighted by Crippen LogP contribution is -2.24. The molecule has 0 amide bonds. The highest BCUT2D eigenvalue weighted by Crippen LogP contribution is 2.28. The largest absolute Gasteiger partial charge is 0.353 e. The van der Waals surface area contributed by atoms with E-state index in [1.54, 1.807) is 0 Å². The molecule has 132 valence electrons. The fraction of sp³-hybridized carbons (Fsp3) is 0.500. The van der Waals surface area contributed by atoms with E-state index in [0.717, 1.165) is 54.7 Å². The van der Waals surface area contributed by atoms with Crippen molar-refractivity contribution in [1.82, 2.24) is 24.7 Å². The molecule has 1 aliphatic heterocycles.